The van der Waals surface area contributed by atoms with Crippen LogP contribution in [0, 0.1) is 13.8 Å². The number of rotatable bonds is 7. The second kappa shape index (κ2) is 9.00. The number of benzene rings is 1. The molecule has 1 aliphatic rings. The van der Waals surface area contributed by atoms with E-state index in [1.165, 1.54) is 28.8 Å². The van der Waals surface area contributed by atoms with Crippen LogP contribution in [0.2, 0.25) is 0 Å². The average Bonchev–Trinajstić information content (AvgIpc) is 3.34. The topological polar surface area (TPSA) is 43.2 Å². The van der Waals surface area contributed by atoms with E-state index in [1.807, 2.05) is 10.7 Å². The van der Waals surface area contributed by atoms with Crippen LogP contribution >= 0.6 is 0 Å². The summed E-state index contributed by atoms with van der Waals surface area (Å²) in [6, 6.07) is 13.2. The predicted octanol–water partition coefficient (Wildman–Crippen LogP) is 4.85. The highest BCUT2D eigenvalue weighted by atomic mass is 16.5. The molecule has 1 aromatic carbocycles. The van der Waals surface area contributed by atoms with Gasteiger partial charge in [0, 0.05) is 30.5 Å². The van der Waals surface area contributed by atoms with Gasteiger partial charge in [0.2, 0.25) is 0 Å². The van der Waals surface area contributed by atoms with Gasteiger partial charge in [-0.2, -0.15) is 5.10 Å². The number of pyridine rings is 1. The summed E-state index contributed by atoms with van der Waals surface area (Å²) in [5.74, 6) is 0.906. The fourth-order valence-corrected chi connectivity index (χ4v) is 4.50. The van der Waals surface area contributed by atoms with Crippen LogP contribution in [0.1, 0.15) is 59.6 Å². The van der Waals surface area contributed by atoms with Crippen LogP contribution < -0.4 is 4.74 Å². The molecular weight excluding hydrogens is 372 g/mol. The summed E-state index contributed by atoms with van der Waals surface area (Å²) in [7, 11) is 1.72. The van der Waals surface area contributed by atoms with Crippen molar-refractivity contribution < 1.29 is 4.74 Å². The smallest absolute Gasteiger partial charge is 0.119 e. The summed E-state index contributed by atoms with van der Waals surface area (Å²) in [6.45, 7) is 9.32. The van der Waals surface area contributed by atoms with Crippen LogP contribution in [0.15, 0.2) is 42.6 Å². The van der Waals surface area contributed by atoms with Gasteiger partial charge < -0.3 is 4.74 Å². The first kappa shape index (κ1) is 20.6. The quantitative estimate of drug-likeness (QED) is 0.564. The summed E-state index contributed by atoms with van der Waals surface area (Å²) in [4.78, 5) is 7.51. The van der Waals surface area contributed by atoms with Gasteiger partial charge >= 0.3 is 0 Å². The third-order valence-corrected chi connectivity index (χ3v) is 6.03. The molecule has 5 nitrogen and oxygen atoms in total. The lowest BCUT2D eigenvalue weighted by atomic mass is 10.0. The molecule has 0 spiro atoms. The number of likely N-dealkylation sites (tertiary alicyclic amines) is 1. The average molecular weight is 405 g/mol. The Bertz CT molecular complexity index is 1010. The van der Waals surface area contributed by atoms with E-state index < -0.39 is 0 Å². The Morgan fingerprint density at radius 2 is 2.00 bits per heavy atom. The highest BCUT2D eigenvalue weighted by molar-refractivity contribution is 5.34. The molecular formula is C25H32N4O. The van der Waals surface area contributed by atoms with Gasteiger partial charge in [-0.05, 0) is 82.0 Å². The molecule has 1 fully saturated rings. The minimum absolute atomic E-state index is 0.373. The molecule has 158 valence electrons. The van der Waals surface area contributed by atoms with Gasteiger partial charge in [0.15, 0.2) is 0 Å². The van der Waals surface area contributed by atoms with E-state index in [0.717, 1.165) is 49.6 Å². The Morgan fingerprint density at radius 3 is 2.77 bits per heavy atom. The molecule has 1 aliphatic heterocycles. The number of ether oxygens (including phenoxy) is 1. The highest BCUT2D eigenvalue weighted by Crippen LogP contribution is 2.33. The van der Waals surface area contributed by atoms with Crippen molar-refractivity contribution in [2.24, 2.45) is 0 Å². The Hall–Kier alpha value is -2.66. The van der Waals surface area contributed by atoms with Gasteiger partial charge in [-0.15, -0.1) is 0 Å². The molecule has 2 aromatic heterocycles. The Balaban J connectivity index is 1.55. The van der Waals surface area contributed by atoms with E-state index in [4.69, 9.17) is 9.72 Å². The number of aryl methyl sites for hydroxylation is 3. The molecule has 0 saturated carbocycles. The molecule has 30 heavy (non-hydrogen) atoms. The summed E-state index contributed by atoms with van der Waals surface area (Å²) in [6.07, 6.45) is 5.47. The summed E-state index contributed by atoms with van der Waals surface area (Å²) in [5.41, 5.74) is 7.33. The van der Waals surface area contributed by atoms with Gasteiger partial charge in [0.1, 0.15) is 5.75 Å². The number of hydrogen-bond donors (Lipinski definition) is 0. The van der Waals surface area contributed by atoms with Crippen molar-refractivity contribution in [2.45, 2.75) is 59.2 Å². The van der Waals surface area contributed by atoms with E-state index in [9.17, 15) is 0 Å². The van der Waals surface area contributed by atoms with Crippen LogP contribution in [0.25, 0.3) is 0 Å². The van der Waals surface area contributed by atoms with Crippen LogP contribution in [0.3, 0.4) is 0 Å². The first-order valence-corrected chi connectivity index (χ1v) is 10.9. The molecule has 3 heterocycles. The molecule has 0 radical (unpaired) electrons. The molecule has 4 rings (SSSR count). The second-order valence-corrected chi connectivity index (χ2v) is 8.29. The summed E-state index contributed by atoms with van der Waals surface area (Å²) in [5, 5.41) is 4.62. The summed E-state index contributed by atoms with van der Waals surface area (Å²) >= 11 is 0. The van der Waals surface area contributed by atoms with Crippen molar-refractivity contribution >= 4 is 0 Å². The van der Waals surface area contributed by atoms with E-state index in [1.54, 1.807) is 7.11 Å². The maximum absolute atomic E-state index is 5.39. The van der Waals surface area contributed by atoms with Gasteiger partial charge in [-0.3, -0.25) is 14.6 Å². The van der Waals surface area contributed by atoms with Crippen molar-refractivity contribution in [3.63, 3.8) is 0 Å². The van der Waals surface area contributed by atoms with Crippen molar-refractivity contribution in [1.82, 2.24) is 19.7 Å². The van der Waals surface area contributed by atoms with Crippen molar-refractivity contribution in [1.29, 1.82) is 0 Å². The molecule has 0 unspecified atom stereocenters. The molecule has 1 saturated heterocycles. The molecule has 0 bridgehead atoms. The van der Waals surface area contributed by atoms with Crippen LogP contribution in [-0.4, -0.2) is 33.3 Å². The Kier molecular flexibility index (Phi) is 6.18. The molecule has 0 N–H and O–H groups in total. The van der Waals surface area contributed by atoms with E-state index >= 15 is 0 Å². The number of aromatic nitrogens is 3. The molecule has 0 amide bonds. The maximum atomic E-state index is 5.39. The normalized spacial score (nSPS) is 16.9. The minimum Gasteiger partial charge on any atom is -0.497 e. The first-order chi connectivity index (χ1) is 14.6. The van der Waals surface area contributed by atoms with Gasteiger partial charge in [0.25, 0.3) is 0 Å². The monoisotopic (exact) mass is 404 g/mol. The molecule has 3 aromatic rings. The number of nitrogens with zero attached hydrogens (tertiary/aromatic N) is 4. The van der Waals surface area contributed by atoms with Gasteiger partial charge in [0.05, 0.1) is 24.5 Å². The zero-order valence-electron chi connectivity index (χ0n) is 18.6. The standard InChI is InChI=1S/C25H32N4O/c1-5-29-17-22(19(3)27-29)16-28-11-7-10-25(28)24-15-21(12-18(2)26-24)13-20-8-6-9-23(14-20)30-4/h6,8-9,12,14-15,17,25H,5,7,10-11,13,16H2,1-4H3/t25-/m0/s1. The van der Waals surface area contributed by atoms with Crippen LogP contribution in [-0.2, 0) is 19.5 Å². The van der Waals surface area contributed by atoms with Crippen molar-refractivity contribution in [3.8, 4) is 5.75 Å². The van der Waals surface area contributed by atoms with Crippen LogP contribution in [0.4, 0.5) is 0 Å². The highest BCUT2D eigenvalue weighted by Gasteiger charge is 2.28. The summed E-state index contributed by atoms with van der Waals surface area (Å²) < 4.78 is 7.42. The van der Waals surface area contributed by atoms with Crippen molar-refractivity contribution in [3.05, 3.63) is 76.4 Å². The third kappa shape index (κ3) is 4.57. The van der Waals surface area contributed by atoms with Gasteiger partial charge in [-0.25, -0.2) is 0 Å². The lowest BCUT2D eigenvalue weighted by molar-refractivity contribution is 0.243. The minimum atomic E-state index is 0.373. The second-order valence-electron chi connectivity index (χ2n) is 8.29. The largest absolute Gasteiger partial charge is 0.497 e. The number of hydrogen-bond acceptors (Lipinski definition) is 4. The Morgan fingerprint density at radius 1 is 1.13 bits per heavy atom. The Labute approximate surface area is 179 Å². The zero-order valence-corrected chi connectivity index (χ0v) is 18.6. The number of methoxy groups -OCH3 is 1. The zero-order chi connectivity index (χ0) is 21.1. The van der Waals surface area contributed by atoms with E-state index in [-0.39, 0.29) is 0 Å². The maximum Gasteiger partial charge on any atom is 0.119 e. The molecule has 5 heteroatoms. The van der Waals surface area contributed by atoms with E-state index in [0.29, 0.717) is 6.04 Å². The molecule has 1 atom stereocenters. The van der Waals surface area contributed by atoms with Gasteiger partial charge in [-0.1, -0.05) is 12.1 Å². The first-order valence-electron chi connectivity index (χ1n) is 10.9. The van der Waals surface area contributed by atoms with Crippen molar-refractivity contribution in [2.75, 3.05) is 13.7 Å². The van der Waals surface area contributed by atoms with Crippen LogP contribution in [0.5, 0.6) is 5.75 Å². The lowest BCUT2D eigenvalue weighted by Crippen LogP contribution is -2.24. The third-order valence-electron chi connectivity index (χ3n) is 6.03. The predicted molar refractivity (Wildman–Crippen MR) is 120 cm³/mol. The van der Waals surface area contributed by atoms with E-state index in [2.05, 4.69) is 67.3 Å². The fraction of sp³-hybridized carbons (Fsp3) is 0.440. The fourth-order valence-electron chi connectivity index (χ4n) is 4.50. The lowest BCUT2D eigenvalue weighted by Gasteiger charge is -2.24. The molecule has 0 aliphatic carbocycles. The SMILES string of the molecule is CCn1cc(CN2CCC[C@H]2c2cc(Cc3cccc(OC)c3)cc(C)n2)c(C)n1.